The van der Waals surface area contributed by atoms with E-state index in [-0.39, 0.29) is 5.91 Å². The van der Waals surface area contributed by atoms with Gasteiger partial charge >= 0.3 is 0 Å². The largest absolute Gasteiger partial charge is 0.336 e. The van der Waals surface area contributed by atoms with Crippen molar-refractivity contribution in [1.29, 1.82) is 0 Å². The van der Waals surface area contributed by atoms with Crippen molar-refractivity contribution in [3.8, 4) is 5.69 Å². The minimum absolute atomic E-state index is 0.0720. The third-order valence-corrected chi connectivity index (χ3v) is 4.86. The summed E-state index contributed by atoms with van der Waals surface area (Å²) >= 11 is 0. The Morgan fingerprint density at radius 1 is 0.964 bits per heavy atom. The molecule has 3 aromatic rings. The summed E-state index contributed by atoms with van der Waals surface area (Å²) in [5.41, 5.74) is 2.73. The van der Waals surface area contributed by atoms with Crippen LogP contribution in [0.1, 0.15) is 15.9 Å². The SMILES string of the molecule is O=C(c1ccc(-n2cnnn2)cc1)N1CCN(C/C=C/c2ccccc2)CC1. The van der Waals surface area contributed by atoms with E-state index in [1.807, 2.05) is 47.4 Å². The average molecular weight is 374 g/mol. The highest BCUT2D eigenvalue weighted by Gasteiger charge is 2.21. The highest BCUT2D eigenvalue weighted by atomic mass is 16.2. The molecular formula is C21H22N6O. The van der Waals surface area contributed by atoms with Crippen LogP contribution in [-0.2, 0) is 0 Å². The van der Waals surface area contributed by atoms with E-state index >= 15 is 0 Å². The van der Waals surface area contributed by atoms with Gasteiger partial charge in [-0.25, -0.2) is 4.68 Å². The molecule has 1 aliphatic heterocycles. The van der Waals surface area contributed by atoms with E-state index in [1.54, 1.807) is 4.68 Å². The first-order valence-electron chi connectivity index (χ1n) is 9.36. The Labute approximate surface area is 163 Å². The molecule has 142 valence electrons. The molecule has 2 heterocycles. The molecule has 28 heavy (non-hydrogen) atoms. The second-order valence-electron chi connectivity index (χ2n) is 6.71. The third kappa shape index (κ3) is 4.32. The molecule has 4 rings (SSSR count). The third-order valence-electron chi connectivity index (χ3n) is 4.86. The van der Waals surface area contributed by atoms with Crippen LogP contribution in [0.25, 0.3) is 11.8 Å². The van der Waals surface area contributed by atoms with Gasteiger partial charge in [0.05, 0.1) is 5.69 Å². The molecule has 7 heteroatoms. The Hall–Kier alpha value is -3.32. The van der Waals surface area contributed by atoms with Crippen LogP contribution in [0, 0.1) is 0 Å². The van der Waals surface area contributed by atoms with E-state index in [2.05, 4.69) is 44.7 Å². The van der Waals surface area contributed by atoms with Crippen molar-refractivity contribution in [2.75, 3.05) is 32.7 Å². The number of benzene rings is 2. The van der Waals surface area contributed by atoms with E-state index in [0.717, 1.165) is 38.4 Å². The maximum Gasteiger partial charge on any atom is 0.253 e. The number of amides is 1. The van der Waals surface area contributed by atoms with Crippen molar-refractivity contribution in [3.05, 3.63) is 78.1 Å². The summed E-state index contributed by atoms with van der Waals surface area (Å²) in [6, 6.07) is 17.7. The molecule has 0 spiro atoms. The van der Waals surface area contributed by atoms with E-state index in [9.17, 15) is 4.79 Å². The minimum Gasteiger partial charge on any atom is -0.336 e. The van der Waals surface area contributed by atoms with Gasteiger partial charge in [0.2, 0.25) is 0 Å². The van der Waals surface area contributed by atoms with Crippen LogP contribution in [0.3, 0.4) is 0 Å². The first-order valence-corrected chi connectivity index (χ1v) is 9.36. The quantitative estimate of drug-likeness (QED) is 0.684. The Kier molecular flexibility index (Phi) is 5.53. The maximum absolute atomic E-state index is 12.7. The molecule has 0 bridgehead atoms. The van der Waals surface area contributed by atoms with Crippen molar-refractivity contribution in [3.63, 3.8) is 0 Å². The molecule has 0 aliphatic carbocycles. The molecule has 1 aromatic heterocycles. The highest BCUT2D eigenvalue weighted by Crippen LogP contribution is 2.12. The Bertz CT molecular complexity index is 913. The zero-order valence-corrected chi connectivity index (χ0v) is 15.6. The van der Waals surface area contributed by atoms with Crippen LogP contribution < -0.4 is 0 Å². The lowest BCUT2D eigenvalue weighted by Gasteiger charge is -2.34. The van der Waals surface area contributed by atoms with Crippen LogP contribution in [0.4, 0.5) is 0 Å². The van der Waals surface area contributed by atoms with E-state index < -0.39 is 0 Å². The van der Waals surface area contributed by atoms with Gasteiger partial charge in [0, 0.05) is 38.3 Å². The topological polar surface area (TPSA) is 67.2 Å². The fraction of sp³-hybridized carbons (Fsp3) is 0.238. The Morgan fingerprint density at radius 3 is 2.39 bits per heavy atom. The number of carbonyl (C=O) groups is 1. The number of aromatic nitrogens is 4. The lowest BCUT2D eigenvalue weighted by atomic mass is 10.1. The van der Waals surface area contributed by atoms with Crippen molar-refractivity contribution in [1.82, 2.24) is 30.0 Å². The molecule has 2 aromatic carbocycles. The first-order chi connectivity index (χ1) is 13.8. The lowest BCUT2D eigenvalue weighted by molar-refractivity contribution is 0.0650. The Morgan fingerprint density at radius 2 is 1.71 bits per heavy atom. The van der Waals surface area contributed by atoms with Crippen molar-refractivity contribution >= 4 is 12.0 Å². The summed E-state index contributed by atoms with van der Waals surface area (Å²) in [7, 11) is 0. The van der Waals surface area contributed by atoms with Crippen molar-refractivity contribution in [2.45, 2.75) is 0 Å². The van der Waals surface area contributed by atoms with Gasteiger partial charge in [-0.2, -0.15) is 0 Å². The smallest absolute Gasteiger partial charge is 0.253 e. The molecule has 1 aliphatic rings. The van der Waals surface area contributed by atoms with E-state index in [1.165, 1.54) is 11.9 Å². The van der Waals surface area contributed by atoms with Gasteiger partial charge in [-0.3, -0.25) is 9.69 Å². The Balaban J connectivity index is 1.28. The van der Waals surface area contributed by atoms with Gasteiger partial charge in [0.1, 0.15) is 6.33 Å². The van der Waals surface area contributed by atoms with Gasteiger partial charge in [-0.1, -0.05) is 42.5 Å². The molecule has 0 saturated carbocycles. The highest BCUT2D eigenvalue weighted by molar-refractivity contribution is 5.94. The number of carbonyl (C=O) groups excluding carboxylic acids is 1. The zero-order chi connectivity index (χ0) is 19.2. The van der Waals surface area contributed by atoms with E-state index in [4.69, 9.17) is 0 Å². The summed E-state index contributed by atoms with van der Waals surface area (Å²) in [4.78, 5) is 17.0. The summed E-state index contributed by atoms with van der Waals surface area (Å²) in [5, 5.41) is 11.1. The van der Waals surface area contributed by atoms with Crippen molar-refractivity contribution in [2.24, 2.45) is 0 Å². The first kappa shape index (κ1) is 18.1. The van der Waals surface area contributed by atoms with Gasteiger partial charge in [-0.15, -0.1) is 5.10 Å². The molecule has 7 nitrogen and oxygen atoms in total. The predicted molar refractivity (Wildman–Crippen MR) is 107 cm³/mol. The molecule has 1 amide bonds. The normalized spacial score (nSPS) is 15.2. The second-order valence-corrected chi connectivity index (χ2v) is 6.71. The molecule has 0 radical (unpaired) electrons. The van der Waals surface area contributed by atoms with Gasteiger partial charge < -0.3 is 4.90 Å². The minimum atomic E-state index is 0.0720. The predicted octanol–water partition coefficient (Wildman–Crippen LogP) is 2.13. The summed E-state index contributed by atoms with van der Waals surface area (Å²) in [6.07, 6.45) is 5.86. The van der Waals surface area contributed by atoms with Gasteiger partial charge in [0.15, 0.2) is 0 Å². The second kappa shape index (κ2) is 8.58. The number of nitrogens with zero attached hydrogens (tertiary/aromatic N) is 6. The zero-order valence-electron chi connectivity index (χ0n) is 15.6. The molecule has 1 saturated heterocycles. The monoisotopic (exact) mass is 374 g/mol. The molecule has 0 atom stereocenters. The van der Waals surface area contributed by atoms with Crippen LogP contribution in [0.2, 0.25) is 0 Å². The average Bonchev–Trinajstić information content (AvgIpc) is 3.30. The molecular weight excluding hydrogens is 352 g/mol. The van der Waals surface area contributed by atoms with Crippen LogP contribution in [-0.4, -0.2) is 68.6 Å². The van der Waals surface area contributed by atoms with Crippen LogP contribution in [0.5, 0.6) is 0 Å². The number of tetrazole rings is 1. The number of hydrogen-bond acceptors (Lipinski definition) is 5. The number of piperazine rings is 1. The van der Waals surface area contributed by atoms with Crippen LogP contribution >= 0.6 is 0 Å². The summed E-state index contributed by atoms with van der Waals surface area (Å²) in [6.45, 7) is 4.15. The summed E-state index contributed by atoms with van der Waals surface area (Å²) in [5.74, 6) is 0.0720. The van der Waals surface area contributed by atoms with E-state index in [0.29, 0.717) is 5.56 Å². The van der Waals surface area contributed by atoms with Crippen molar-refractivity contribution < 1.29 is 4.79 Å². The number of hydrogen-bond donors (Lipinski definition) is 0. The molecule has 0 unspecified atom stereocenters. The fourth-order valence-electron chi connectivity index (χ4n) is 3.25. The standard InChI is InChI=1S/C21H22N6O/c28-21(19-8-10-20(11-9-19)27-17-22-23-24-27)26-15-13-25(14-16-26)12-4-7-18-5-2-1-3-6-18/h1-11,17H,12-16H2/b7-4+. The molecule has 0 N–H and O–H groups in total. The van der Waals surface area contributed by atoms with Gasteiger partial charge in [0.25, 0.3) is 5.91 Å². The summed E-state index contributed by atoms with van der Waals surface area (Å²) < 4.78 is 1.57. The number of rotatable bonds is 5. The van der Waals surface area contributed by atoms with Crippen LogP contribution in [0.15, 0.2) is 67.0 Å². The molecule has 1 fully saturated rings. The maximum atomic E-state index is 12.7. The lowest BCUT2D eigenvalue weighted by Crippen LogP contribution is -2.48. The fourth-order valence-corrected chi connectivity index (χ4v) is 3.25. The van der Waals surface area contributed by atoms with Gasteiger partial charge in [-0.05, 0) is 40.3 Å².